The Morgan fingerprint density at radius 3 is 2.76 bits per heavy atom. The van der Waals surface area contributed by atoms with Gasteiger partial charge in [-0.2, -0.15) is 5.10 Å². The van der Waals surface area contributed by atoms with Crippen molar-refractivity contribution in [3.05, 3.63) is 88.4 Å². The summed E-state index contributed by atoms with van der Waals surface area (Å²) in [5.74, 6) is 1.54. The zero-order valence-corrected chi connectivity index (χ0v) is 16.1. The minimum absolute atomic E-state index is 0.162. The van der Waals surface area contributed by atoms with Crippen molar-refractivity contribution >= 4 is 23.7 Å². The normalized spacial score (nSPS) is 12.2. The number of fused-ring (bicyclic) bond motifs is 1. The van der Waals surface area contributed by atoms with Crippen molar-refractivity contribution in [2.45, 2.75) is 6.61 Å². The Morgan fingerprint density at radius 2 is 1.90 bits per heavy atom. The summed E-state index contributed by atoms with van der Waals surface area (Å²) in [6.45, 7) is 0.591. The molecule has 3 aromatic rings. The number of hydrogen-bond donors (Lipinski definition) is 1. The first-order valence-electron chi connectivity index (χ1n) is 8.88. The molecule has 1 N–H and O–H groups in total. The molecule has 0 radical (unpaired) electrons. The van der Waals surface area contributed by atoms with E-state index in [1.807, 2.05) is 48.5 Å². The number of benzene rings is 3. The van der Waals surface area contributed by atoms with Crippen LogP contribution in [0.1, 0.15) is 21.5 Å². The van der Waals surface area contributed by atoms with Crippen LogP contribution in [-0.2, 0) is 6.61 Å². The Balaban J connectivity index is 1.34. The summed E-state index contributed by atoms with van der Waals surface area (Å²) in [4.78, 5) is 12.2. The number of nitrogens with zero attached hydrogens (tertiary/aromatic N) is 1. The fourth-order valence-corrected chi connectivity index (χ4v) is 2.83. The maximum atomic E-state index is 12.2. The molecule has 7 heteroatoms. The predicted molar refractivity (Wildman–Crippen MR) is 110 cm³/mol. The number of nitrogens with one attached hydrogen (secondary N) is 1. The quantitative estimate of drug-likeness (QED) is 0.484. The van der Waals surface area contributed by atoms with Crippen LogP contribution in [0.2, 0.25) is 5.02 Å². The van der Waals surface area contributed by atoms with E-state index >= 15 is 0 Å². The van der Waals surface area contributed by atoms with E-state index in [1.54, 1.807) is 24.4 Å². The lowest BCUT2D eigenvalue weighted by molar-refractivity contribution is 0.0954. The summed E-state index contributed by atoms with van der Waals surface area (Å²) >= 11 is 5.89. The third-order valence-electron chi connectivity index (χ3n) is 4.19. The summed E-state index contributed by atoms with van der Waals surface area (Å²) in [6, 6.07) is 19.9. The molecular formula is C22H17ClN2O4. The number of hydrogen-bond acceptors (Lipinski definition) is 5. The SMILES string of the molecule is O=C(N/N=C/c1cccc(OCc2ccc(Cl)cc2)c1)c1ccc2c(c1)OCO2. The van der Waals surface area contributed by atoms with Gasteiger partial charge in [-0.05, 0) is 53.6 Å². The fraction of sp³-hybridized carbons (Fsp3) is 0.0909. The molecular weight excluding hydrogens is 392 g/mol. The number of amides is 1. The molecule has 0 atom stereocenters. The first-order chi connectivity index (χ1) is 14.2. The first-order valence-corrected chi connectivity index (χ1v) is 9.25. The molecule has 0 saturated carbocycles. The van der Waals surface area contributed by atoms with Crippen LogP contribution in [-0.4, -0.2) is 18.9 Å². The molecule has 0 saturated heterocycles. The summed E-state index contributed by atoms with van der Waals surface area (Å²) in [7, 11) is 0. The zero-order chi connectivity index (χ0) is 20.1. The van der Waals surface area contributed by atoms with Crippen LogP contribution in [0.3, 0.4) is 0 Å². The van der Waals surface area contributed by atoms with Crippen LogP contribution in [0.5, 0.6) is 17.2 Å². The summed E-state index contributed by atoms with van der Waals surface area (Å²) in [5.41, 5.74) is 4.75. The van der Waals surface area contributed by atoms with E-state index in [9.17, 15) is 4.79 Å². The Labute approximate surface area is 172 Å². The molecule has 4 rings (SSSR count). The highest BCUT2D eigenvalue weighted by atomic mass is 35.5. The van der Waals surface area contributed by atoms with Crippen molar-refractivity contribution in [3.63, 3.8) is 0 Å². The van der Waals surface area contributed by atoms with E-state index in [4.69, 9.17) is 25.8 Å². The Kier molecular flexibility index (Phi) is 5.63. The number of ether oxygens (including phenoxy) is 3. The van der Waals surface area contributed by atoms with E-state index in [2.05, 4.69) is 10.5 Å². The van der Waals surface area contributed by atoms with Gasteiger partial charge in [0.2, 0.25) is 6.79 Å². The van der Waals surface area contributed by atoms with Crippen LogP contribution in [0, 0.1) is 0 Å². The van der Waals surface area contributed by atoms with Gasteiger partial charge in [-0.15, -0.1) is 0 Å². The minimum Gasteiger partial charge on any atom is -0.489 e. The molecule has 6 nitrogen and oxygen atoms in total. The van der Waals surface area contributed by atoms with Gasteiger partial charge in [-0.3, -0.25) is 4.79 Å². The lowest BCUT2D eigenvalue weighted by Crippen LogP contribution is -2.17. The highest BCUT2D eigenvalue weighted by Crippen LogP contribution is 2.32. The Hall–Kier alpha value is -3.51. The molecule has 1 amide bonds. The van der Waals surface area contributed by atoms with Crippen LogP contribution < -0.4 is 19.6 Å². The van der Waals surface area contributed by atoms with Crippen LogP contribution in [0.15, 0.2) is 71.8 Å². The van der Waals surface area contributed by atoms with Gasteiger partial charge >= 0.3 is 0 Å². The lowest BCUT2D eigenvalue weighted by Gasteiger charge is -2.07. The molecule has 146 valence electrons. The van der Waals surface area contributed by atoms with E-state index in [0.717, 1.165) is 11.1 Å². The highest BCUT2D eigenvalue weighted by Gasteiger charge is 2.15. The number of halogens is 1. The molecule has 3 aromatic carbocycles. The van der Waals surface area contributed by atoms with Crippen LogP contribution in [0.25, 0.3) is 0 Å². The van der Waals surface area contributed by atoms with Gasteiger partial charge < -0.3 is 14.2 Å². The maximum Gasteiger partial charge on any atom is 0.271 e. The first kappa shape index (κ1) is 18.8. The largest absolute Gasteiger partial charge is 0.489 e. The molecule has 1 aliphatic heterocycles. The molecule has 0 unspecified atom stereocenters. The minimum atomic E-state index is -0.338. The molecule has 1 heterocycles. The predicted octanol–water partition coefficient (Wildman–Crippen LogP) is 4.41. The molecule has 1 aliphatic rings. The maximum absolute atomic E-state index is 12.2. The highest BCUT2D eigenvalue weighted by molar-refractivity contribution is 6.30. The zero-order valence-electron chi connectivity index (χ0n) is 15.3. The molecule has 0 bridgehead atoms. The summed E-state index contributed by atoms with van der Waals surface area (Å²) in [6.07, 6.45) is 1.56. The van der Waals surface area contributed by atoms with Gasteiger partial charge in [-0.25, -0.2) is 5.43 Å². The Morgan fingerprint density at radius 1 is 1.07 bits per heavy atom. The van der Waals surface area contributed by atoms with Gasteiger partial charge in [0.1, 0.15) is 12.4 Å². The fourth-order valence-electron chi connectivity index (χ4n) is 2.70. The monoisotopic (exact) mass is 408 g/mol. The number of hydrazone groups is 1. The smallest absolute Gasteiger partial charge is 0.271 e. The van der Waals surface area contributed by atoms with Crippen molar-refractivity contribution in [1.82, 2.24) is 5.43 Å². The van der Waals surface area contributed by atoms with E-state index < -0.39 is 0 Å². The third kappa shape index (κ3) is 4.86. The van der Waals surface area contributed by atoms with Gasteiger partial charge in [0, 0.05) is 10.6 Å². The molecule has 29 heavy (non-hydrogen) atoms. The van der Waals surface area contributed by atoms with E-state index in [1.165, 1.54) is 0 Å². The van der Waals surface area contributed by atoms with Crippen molar-refractivity contribution in [3.8, 4) is 17.2 Å². The molecule has 0 fully saturated rings. The number of rotatable bonds is 6. The standard InChI is InChI=1S/C22H17ClN2O4/c23-18-7-4-15(5-8-18)13-27-19-3-1-2-16(10-19)12-24-25-22(26)17-6-9-20-21(11-17)29-14-28-20/h1-12H,13-14H2,(H,25,26)/b24-12+. The second kappa shape index (κ2) is 8.67. The average Bonchev–Trinajstić information content (AvgIpc) is 3.21. The van der Waals surface area contributed by atoms with E-state index in [0.29, 0.717) is 34.4 Å². The topological polar surface area (TPSA) is 69.2 Å². The summed E-state index contributed by atoms with van der Waals surface area (Å²) < 4.78 is 16.3. The van der Waals surface area contributed by atoms with Crippen molar-refractivity contribution in [1.29, 1.82) is 0 Å². The lowest BCUT2D eigenvalue weighted by atomic mass is 10.2. The van der Waals surface area contributed by atoms with Gasteiger partial charge in [0.15, 0.2) is 11.5 Å². The average molecular weight is 409 g/mol. The van der Waals surface area contributed by atoms with Gasteiger partial charge in [0.25, 0.3) is 5.91 Å². The Bertz CT molecular complexity index is 1050. The van der Waals surface area contributed by atoms with Gasteiger partial charge in [0.05, 0.1) is 6.21 Å². The summed E-state index contributed by atoms with van der Waals surface area (Å²) in [5, 5.41) is 4.70. The second-order valence-electron chi connectivity index (χ2n) is 6.25. The number of carbonyl (C=O) groups excluding carboxylic acids is 1. The van der Waals surface area contributed by atoms with Gasteiger partial charge in [-0.1, -0.05) is 35.9 Å². The number of carbonyl (C=O) groups is 1. The van der Waals surface area contributed by atoms with Crippen molar-refractivity contribution < 1.29 is 19.0 Å². The van der Waals surface area contributed by atoms with Crippen LogP contribution in [0.4, 0.5) is 0 Å². The van der Waals surface area contributed by atoms with Crippen molar-refractivity contribution in [2.75, 3.05) is 6.79 Å². The third-order valence-corrected chi connectivity index (χ3v) is 4.44. The van der Waals surface area contributed by atoms with E-state index in [-0.39, 0.29) is 12.7 Å². The van der Waals surface area contributed by atoms with Crippen LogP contribution >= 0.6 is 11.6 Å². The van der Waals surface area contributed by atoms with Crippen molar-refractivity contribution in [2.24, 2.45) is 5.10 Å². The molecule has 0 spiro atoms. The molecule has 0 aromatic heterocycles. The molecule has 0 aliphatic carbocycles. The second-order valence-corrected chi connectivity index (χ2v) is 6.69.